The van der Waals surface area contributed by atoms with Gasteiger partial charge in [-0.25, -0.2) is 0 Å². The summed E-state index contributed by atoms with van der Waals surface area (Å²) in [4.78, 5) is 29.9. The summed E-state index contributed by atoms with van der Waals surface area (Å²) < 4.78 is 0.687. The summed E-state index contributed by atoms with van der Waals surface area (Å²) >= 11 is 0. The second-order valence-corrected chi connectivity index (χ2v) is 12.7. The van der Waals surface area contributed by atoms with Crippen LogP contribution in [0, 0.1) is 0 Å². The van der Waals surface area contributed by atoms with Gasteiger partial charge in [-0.05, 0) is 18.1 Å². The van der Waals surface area contributed by atoms with E-state index in [1.807, 2.05) is 24.4 Å². The number of nitrogens with one attached hydrogen (secondary N) is 3. The maximum atomic E-state index is 13.3. The summed E-state index contributed by atoms with van der Waals surface area (Å²) in [6.07, 6.45) is 22.9. The maximum absolute atomic E-state index is 13.3. The molecule has 2 atom stereocenters. The minimum absolute atomic E-state index is 0.000940. The number of carbonyl (C=O) groups excluding carboxylic acids is 2. The van der Waals surface area contributed by atoms with Crippen LogP contribution in [0.2, 0.25) is 0 Å². The Morgan fingerprint density at radius 3 is 2.10 bits per heavy atom. The molecular weight excluding hydrogens is 496 g/mol. The molecule has 1 aromatic carbocycles. The molecule has 3 rings (SSSR count). The van der Waals surface area contributed by atoms with Crippen molar-refractivity contribution in [2.45, 2.75) is 128 Å². The van der Waals surface area contributed by atoms with Gasteiger partial charge in [-0.15, -0.1) is 0 Å². The van der Waals surface area contributed by atoms with Gasteiger partial charge in [0.2, 0.25) is 5.91 Å². The number of benzene rings is 1. The van der Waals surface area contributed by atoms with Crippen LogP contribution in [-0.2, 0) is 16.0 Å². The lowest BCUT2D eigenvalue weighted by Gasteiger charge is -2.31. The Morgan fingerprint density at radius 2 is 1.50 bits per heavy atom. The zero-order chi connectivity index (χ0) is 28.6. The highest BCUT2D eigenvalue weighted by atomic mass is 16.2. The van der Waals surface area contributed by atoms with Crippen molar-refractivity contribution in [2.75, 3.05) is 27.2 Å². The van der Waals surface area contributed by atoms with Crippen molar-refractivity contribution in [3.63, 3.8) is 0 Å². The lowest BCUT2D eigenvalue weighted by molar-refractivity contribution is -0.893. The van der Waals surface area contributed by atoms with Gasteiger partial charge in [0.15, 0.2) is 6.04 Å². The average molecular weight is 554 g/mol. The number of carbonyl (C=O) groups is 2. The smallest absolute Gasteiger partial charge is 0.279 e. The number of nitrogens with zero attached hydrogens (tertiary/aromatic N) is 1. The van der Waals surface area contributed by atoms with Gasteiger partial charge in [-0.3, -0.25) is 9.59 Å². The molecule has 3 N–H and O–H groups in total. The number of aromatic nitrogens is 1. The van der Waals surface area contributed by atoms with E-state index in [0.29, 0.717) is 17.4 Å². The summed E-state index contributed by atoms with van der Waals surface area (Å²) in [5.41, 5.74) is 2.12. The Bertz CT molecular complexity index is 1010. The molecule has 1 fully saturated rings. The Morgan fingerprint density at radius 1 is 0.900 bits per heavy atom. The molecule has 6 heteroatoms. The van der Waals surface area contributed by atoms with Crippen molar-refractivity contribution >= 4 is 22.7 Å². The minimum Gasteiger partial charge on any atom is -0.361 e. The third-order valence-corrected chi connectivity index (χ3v) is 8.92. The summed E-state index contributed by atoms with van der Waals surface area (Å²) in [6.45, 7) is 3.94. The molecule has 0 radical (unpaired) electrons. The van der Waals surface area contributed by atoms with Crippen molar-refractivity contribution in [2.24, 2.45) is 0 Å². The highest BCUT2D eigenvalue weighted by molar-refractivity contribution is 5.91. The molecule has 1 aromatic heterocycles. The molecule has 6 nitrogen and oxygen atoms in total. The first-order valence-corrected chi connectivity index (χ1v) is 16.4. The first kappa shape index (κ1) is 32.2. The van der Waals surface area contributed by atoms with Crippen molar-refractivity contribution in [3.8, 4) is 0 Å². The van der Waals surface area contributed by atoms with Crippen LogP contribution in [-0.4, -0.2) is 60.5 Å². The van der Waals surface area contributed by atoms with E-state index < -0.39 is 6.04 Å². The average Bonchev–Trinajstić information content (AvgIpc) is 3.52. The SMILES string of the molecule is CCCCCCCCCCCCCCCCNC(=O)[C@H](Cc1c[nH]c2ccccc12)NC(=O)C1CCC[N+]1(C)C. The molecule has 1 saturated heterocycles. The van der Waals surface area contributed by atoms with Crippen LogP contribution >= 0.6 is 0 Å². The largest absolute Gasteiger partial charge is 0.361 e. The molecule has 224 valence electrons. The molecule has 2 aromatic rings. The van der Waals surface area contributed by atoms with Crippen LogP contribution in [0.5, 0.6) is 0 Å². The van der Waals surface area contributed by atoms with Crippen LogP contribution in [0.3, 0.4) is 0 Å². The van der Waals surface area contributed by atoms with Gasteiger partial charge < -0.3 is 20.1 Å². The maximum Gasteiger partial charge on any atom is 0.279 e. The Labute approximate surface area is 243 Å². The van der Waals surface area contributed by atoms with Crippen molar-refractivity contribution < 1.29 is 14.1 Å². The summed E-state index contributed by atoms with van der Waals surface area (Å²) in [6, 6.07) is 7.47. The number of amides is 2. The number of likely N-dealkylation sites (tertiary alicyclic amines) is 1. The second kappa shape index (κ2) is 17.5. The van der Waals surface area contributed by atoms with Gasteiger partial charge >= 0.3 is 0 Å². The Kier molecular flexibility index (Phi) is 14.1. The third-order valence-electron chi connectivity index (χ3n) is 8.92. The van der Waals surface area contributed by atoms with E-state index in [0.717, 1.165) is 48.7 Å². The Hall–Kier alpha value is -2.34. The van der Waals surface area contributed by atoms with E-state index in [9.17, 15) is 9.59 Å². The first-order chi connectivity index (χ1) is 19.4. The topological polar surface area (TPSA) is 74.0 Å². The van der Waals surface area contributed by atoms with Gasteiger partial charge in [0.1, 0.15) is 6.04 Å². The van der Waals surface area contributed by atoms with Gasteiger partial charge in [0.05, 0.1) is 20.6 Å². The van der Waals surface area contributed by atoms with Crippen LogP contribution < -0.4 is 10.6 Å². The molecule has 1 aliphatic heterocycles. The molecule has 1 aliphatic rings. The fourth-order valence-corrected chi connectivity index (χ4v) is 6.30. The summed E-state index contributed by atoms with van der Waals surface area (Å²) in [5, 5.41) is 7.38. The number of hydrogen-bond donors (Lipinski definition) is 3. The summed E-state index contributed by atoms with van der Waals surface area (Å²) in [7, 11) is 4.23. The molecule has 0 bridgehead atoms. The predicted molar refractivity (Wildman–Crippen MR) is 167 cm³/mol. The van der Waals surface area contributed by atoms with Crippen molar-refractivity contribution in [1.29, 1.82) is 0 Å². The molecule has 0 spiro atoms. The van der Waals surface area contributed by atoms with E-state index >= 15 is 0 Å². The number of fused-ring (bicyclic) bond motifs is 1. The Balaban J connectivity index is 1.36. The minimum atomic E-state index is -0.570. The lowest BCUT2D eigenvalue weighted by atomic mass is 10.0. The monoisotopic (exact) mass is 553 g/mol. The number of H-pyrrole nitrogens is 1. The van der Waals surface area contributed by atoms with E-state index in [1.165, 1.54) is 77.0 Å². The molecule has 0 saturated carbocycles. The number of likely N-dealkylation sites (N-methyl/N-ethyl adjacent to an activating group) is 1. The number of unbranched alkanes of at least 4 members (excludes halogenated alkanes) is 13. The number of para-hydroxylation sites is 1. The molecule has 0 aliphatic carbocycles. The fourth-order valence-electron chi connectivity index (χ4n) is 6.30. The second-order valence-electron chi connectivity index (χ2n) is 12.7. The van der Waals surface area contributed by atoms with Gasteiger partial charge in [-0.1, -0.05) is 109 Å². The first-order valence-electron chi connectivity index (χ1n) is 16.4. The third kappa shape index (κ3) is 10.6. The molecule has 2 heterocycles. The van der Waals surface area contributed by atoms with Gasteiger partial charge in [0, 0.05) is 42.9 Å². The zero-order valence-corrected chi connectivity index (χ0v) is 25.7. The van der Waals surface area contributed by atoms with E-state index in [-0.39, 0.29) is 17.9 Å². The van der Waals surface area contributed by atoms with Crippen LogP contribution in [0.15, 0.2) is 30.5 Å². The van der Waals surface area contributed by atoms with E-state index in [4.69, 9.17) is 0 Å². The lowest BCUT2D eigenvalue weighted by Crippen LogP contribution is -2.57. The number of rotatable bonds is 20. The quantitative estimate of drug-likeness (QED) is 0.122. The normalized spacial score (nSPS) is 17.2. The van der Waals surface area contributed by atoms with Gasteiger partial charge in [0.25, 0.3) is 5.91 Å². The molecular formula is C34H57N4O2+. The number of quaternary nitrogens is 1. The molecule has 40 heavy (non-hydrogen) atoms. The number of hydrogen-bond acceptors (Lipinski definition) is 2. The van der Waals surface area contributed by atoms with Crippen molar-refractivity contribution in [3.05, 3.63) is 36.0 Å². The number of aromatic amines is 1. The highest BCUT2D eigenvalue weighted by Crippen LogP contribution is 2.23. The van der Waals surface area contributed by atoms with Crippen LogP contribution in [0.25, 0.3) is 10.9 Å². The fraction of sp³-hybridized carbons (Fsp3) is 0.706. The zero-order valence-electron chi connectivity index (χ0n) is 25.7. The van der Waals surface area contributed by atoms with Gasteiger partial charge in [-0.2, -0.15) is 0 Å². The van der Waals surface area contributed by atoms with E-state index in [2.05, 4.69) is 42.7 Å². The standard InChI is InChI=1S/C34H56N4O2/c1-4-5-6-7-8-9-10-11-12-13-14-15-16-19-24-35-33(39)31(37-34(40)32-23-20-25-38(32,2)3)26-28-27-36-30-22-18-17-21-29(28)30/h17-18,21-22,27,31-32,36H,4-16,19-20,23-26H2,1-3H3,(H-,35,37,39,40)/p+1/t31-,32?/m0/s1. The van der Waals surface area contributed by atoms with E-state index in [1.54, 1.807) is 0 Å². The molecule has 1 unspecified atom stereocenters. The van der Waals surface area contributed by atoms with Crippen molar-refractivity contribution in [1.82, 2.24) is 15.6 Å². The van der Waals surface area contributed by atoms with Crippen LogP contribution in [0.4, 0.5) is 0 Å². The van der Waals surface area contributed by atoms with Crippen LogP contribution in [0.1, 0.15) is 115 Å². The summed E-state index contributed by atoms with van der Waals surface area (Å²) in [5.74, 6) is -0.0735. The molecule has 2 amide bonds. The predicted octanol–water partition coefficient (Wildman–Crippen LogP) is 7.03. The highest BCUT2D eigenvalue weighted by Gasteiger charge is 2.40.